The summed E-state index contributed by atoms with van der Waals surface area (Å²) in [5.41, 5.74) is 3.89. The van der Waals surface area contributed by atoms with Gasteiger partial charge in [0.25, 0.3) is 0 Å². The van der Waals surface area contributed by atoms with Crippen LogP contribution in [0.1, 0.15) is 29.3 Å². The molecule has 188 valence electrons. The number of carbonyl (C=O) groups excluding carboxylic acids is 1. The van der Waals surface area contributed by atoms with E-state index in [1.54, 1.807) is 23.5 Å². The largest absolute Gasteiger partial charge is 0.351 e. The van der Waals surface area contributed by atoms with Gasteiger partial charge in [-0.3, -0.25) is 4.79 Å². The molecule has 2 aromatic carbocycles. The van der Waals surface area contributed by atoms with Gasteiger partial charge in [0.05, 0.1) is 21.8 Å². The fourth-order valence-corrected chi connectivity index (χ4v) is 6.82. The van der Waals surface area contributed by atoms with Crippen LogP contribution in [-0.4, -0.2) is 31.2 Å². The van der Waals surface area contributed by atoms with Crippen LogP contribution in [0.4, 0.5) is 11.6 Å². The maximum absolute atomic E-state index is 12.7. The molecule has 10 heteroatoms. The molecule has 6 rings (SSSR count). The number of nitrogens with zero attached hydrogens (tertiary/aromatic N) is 4. The summed E-state index contributed by atoms with van der Waals surface area (Å²) in [6, 6.07) is 17.4. The second-order valence-electron chi connectivity index (χ2n) is 9.26. The number of aryl methyl sites for hydroxylation is 1. The Balaban J connectivity index is 1.35. The molecule has 3 aromatic heterocycles. The maximum Gasteiger partial charge on any atom is 0.234 e. The number of halogens is 1. The molecule has 5 aromatic rings. The van der Waals surface area contributed by atoms with Crippen LogP contribution in [0.5, 0.6) is 0 Å². The third kappa shape index (κ3) is 4.91. The van der Waals surface area contributed by atoms with Gasteiger partial charge in [0.2, 0.25) is 11.9 Å². The van der Waals surface area contributed by atoms with E-state index in [1.165, 1.54) is 28.6 Å². The average molecular weight is 549 g/mol. The smallest absolute Gasteiger partial charge is 0.234 e. The van der Waals surface area contributed by atoms with Gasteiger partial charge in [0, 0.05) is 11.4 Å². The molecule has 0 saturated carbocycles. The molecule has 0 aliphatic heterocycles. The molecule has 0 bridgehead atoms. The average Bonchev–Trinajstić information content (AvgIpc) is 3.49. The van der Waals surface area contributed by atoms with E-state index in [1.807, 2.05) is 34.7 Å². The maximum atomic E-state index is 12.7. The molecule has 1 unspecified atom stereocenters. The van der Waals surface area contributed by atoms with Gasteiger partial charge >= 0.3 is 0 Å². The van der Waals surface area contributed by atoms with E-state index in [9.17, 15) is 4.79 Å². The molecule has 7 nitrogen and oxygen atoms in total. The molecular formula is C27H25ClN6OS2. The van der Waals surface area contributed by atoms with Crippen LogP contribution in [0.2, 0.25) is 5.02 Å². The molecule has 1 aliphatic carbocycles. The molecule has 2 N–H and O–H groups in total. The molecular weight excluding hydrogens is 524 g/mol. The van der Waals surface area contributed by atoms with Crippen LogP contribution in [0.25, 0.3) is 15.9 Å². The zero-order valence-electron chi connectivity index (χ0n) is 20.2. The summed E-state index contributed by atoms with van der Waals surface area (Å²) in [4.78, 5) is 20.1. The van der Waals surface area contributed by atoms with Crippen molar-refractivity contribution in [3.63, 3.8) is 0 Å². The standard InChI is InChI=1S/C27H25ClN6OS2/c1-16-11-12-21-18(13-16)23-24-32-33-27(36-15-22(35)30-20-10-6-5-9-19(20)28)34(24)26(31-25(23)37-21)29-14-17-7-3-2-4-8-17/h2-10,16H,11-15H2,1H3,(H,29,31)(H,30,35). The first-order chi connectivity index (χ1) is 18.1. The summed E-state index contributed by atoms with van der Waals surface area (Å²) < 4.78 is 1.96. The van der Waals surface area contributed by atoms with Crippen LogP contribution in [0.3, 0.4) is 0 Å². The zero-order chi connectivity index (χ0) is 25.4. The summed E-state index contributed by atoms with van der Waals surface area (Å²) in [5, 5.41) is 17.7. The quantitative estimate of drug-likeness (QED) is 0.227. The van der Waals surface area contributed by atoms with Crippen LogP contribution < -0.4 is 10.6 Å². The fraction of sp³-hybridized carbons (Fsp3) is 0.259. The highest BCUT2D eigenvalue weighted by Crippen LogP contribution is 2.40. The Morgan fingerprint density at radius 2 is 1.97 bits per heavy atom. The molecule has 3 heterocycles. The van der Waals surface area contributed by atoms with Crippen LogP contribution in [-0.2, 0) is 24.2 Å². The predicted molar refractivity (Wildman–Crippen MR) is 152 cm³/mol. The Morgan fingerprint density at radius 3 is 2.81 bits per heavy atom. The van der Waals surface area contributed by atoms with Crippen molar-refractivity contribution in [2.24, 2.45) is 5.92 Å². The number of anilines is 2. The van der Waals surface area contributed by atoms with E-state index >= 15 is 0 Å². The van der Waals surface area contributed by atoms with Crippen molar-refractivity contribution in [1.82, 2.24) is 19.6 Å². The van der Waals surface area contributed by atoms with Crippen molar-refractivity contribution in [2.45, 2.75) is 37.9 Å². The number of fused-ring (bicyclic) bond motifs is 5. The number of carbonyl (C=O) groups is 1. The number of benzene rings is 2. The molecule has 1 atom stereocenters. The number of para-hydroxylation sites is 1. The summed E-state index contributed by atoms with van der Waals surface area (Å²) in [7, 11) is 0. The Labute approximate surface area is 227 Å². The molecule has 1 amide bonds. The number of hydrogen-bond donors (Lipinski definition) is 2. The van der Waals surface area contributed by atoms with Gasteiger partial charge in [-0.15, -0.1) is 21.5 Å². The summed E-state index contributed by atoms with van der Waals surface area (Å²) >= 11 is 9.30. The zero-order valence-corrected chi connectivity index (χ0v) is 22.6. The van der Waals surface area contributed by atoms with Crippen LogP contribution >= 0.6 is 34.7 Å². The van der Waals surface area contributed by atoms with E-state index in [4.69, 9.17) is 16.6 Å². The van der Waals surface area contributed by atoms with Gasteiger partial charge in [-0.2, -0.15) is 0 Å². The van der Waals surface area contributed by atoms with E-state index < -0.39 is 0 Å². The Kier molecular flexibility index (Phi) is 6.75. The van der Waals surface area contributed by atoms with Gasteiger partial charge in [0.15, 0.2) is 10.8 Å². The lowest BCUT2D eigenvalue weighted by molar-refractivity contribution is -0.113. The van der Waals surface area contributed by atoms with E-state index in [0.717, 1.165) is 34.3 Å². The highest BCUT2D eigenvalue weighted by molar-refractivity contribution is 7.99. The van der Waals surface area contributed by atoms with Gasteiger partial charge in [0.1, 0.15) is 4.83 Å². The second kappa shape index (κ2) is 10.3. The number of amides is 1. The summed E-state index contributed by atoms with van der Waals surface area (Å²) in [6.07, 6.45) is 3.30. The lowest BCUT2D eigenvalue weighted by Gasteiger charge is -2.18. The monoisotopic (exact) mass is 548 g/mol. The van der Waals surface area contributed by atoms with Crippen LogP contribution in [0, 0.1) is 5.92 Å². The number of thiophene rings is 1. The van der Waals surface area contributed by atoms with Crippen molar-refractivity contribution in [3.05, 3.63) is 75.6 Å². The van der Waals surface area contributed by atoms with E-state index in [0.29, 0.717) is 34.3 Å². The number of aromatic nitrogens is 4. The first kappa shape index (κ1) is 24.2. The normalized spacial score (nSPS) is 15.1. The van der Waals surface area contributed by atoms with Gasteiger partial charge in [-0.25, -0.2) is 9.38 Å². The van der Waals surface area contributed by atoms with Crippen molar-refractivity contribution >= 4 is 68.1 Å². The SMILES string of the molecule is CC1CCc2sc3nc(NCc4ccccc4)n4c(SCC(=O)Nc5ccccc5Cl)nnc4c3c2C1. The minimum absolute atomic E-state index is 0.163. The van der Waals surface area contributed by atoms with Crippen LogP contribution in [0.15, 0.2) is 59.8 Å². The third-order valence-corrected chi connectivity index (χ3v) is 8.98. The van der Waals surface area contributed by atoms with Crippen molar-refractivity contribution < 1.29 is 4.79 Å². The van der Waals surface area contributed by atoms with E-state index in [-0.39, 0.29) is 11.7 Å². The summed E-state index contributed by atoms with van der Waals surface area (Å²) in [6.45, 7) is 2.92. The second-order valence-corrected chi connectivity index (χ2v) is 11.7. The fourth-order valence-electron chi connectivity index (χ4n) is 4.69. The lowest BCUT2D eigenvalue weighted by Crippen LogP contribution is -2.15. The highest BCUT2D eigenvalue weighted by Gasteiger charge is 2.26. The minimum Gasteiger partial charge on any atom is -0.351 e. The topological polar surface area (TPSA) is 84.2 Å². The van der Waals surface area contributed by atoms with Crippen molar-refractivity contribution in [1.29, 1.82) is 0 Å². The highest BCUT2D eigenvalue weighted by atomic mass is 35.5. The Bertz CT molecular complexity index is 1600. The van der Waals surface area contributed by atoms with Gasteiger partial charge < -0.3 is 10.6 Å². The van der Waals surface area contributed by atoms with Gasteiger partial charge in [-0.1, -0.05) is 72.8 Å². The number of nitrogens with one attached hydrogen (secondary N) is 2. The van der Waals surface area contributed by atoms with Crippen molar-refractivity contribution in [3.8, 4) is 0 Å². The number of rotatable bonds is 7. The van der Waals surface area contributed by atoms with Gasteiger partial charge in [-0.05, 0) is 48.4 Å². The Hall–Kier alpha value is -3.14. The number of thioether (sulfide) groups is 1. The first-order valence-corrected chi connectivity index (χ1v) is 14.4. The first-order valence-electron chi connectivity index (χ1n) is 12.2. The Morgan fingerprint density at radius 1 is 1.16 bits per heavy atom. The molecule has 0 spiro atoms. The summed E-state index contributed by atoms with van der Waals surface area (Å²) in [5.74, 6) is 1.31. The van der Waals surface area contributed by atoms with E-state index in [2.05, 4.69) is 39.9 Å². The molecule has 0 fully saturated rings. The molecule has 37 heavy (non-hydrogen) atoms. The lowest BCUT2D eigenvalue weighted by atomic mass is 9.89. The number of hydrogen-bond acceptors (Lipinski definition) is 7. The molecule has 1 aliphatic rings. The molecule has 0 saturated heterocycles. The minimum atomic E-state index is -0.163. The van der Waals surface area contributed by atoms with Crippen molar-refractivity contribution in [2.75, 3.05) is 16.4 Å². The predicted octanol–water partition coefficient (Wildman–Crippen LogP) is 6.46. The molecule has 0 radical (unpaired) electrons. The third-order valence-electron chi connectivity index (χ3n) is 6.54.